The second-order valence-electron chi connectivity index (χ2n) is 9.37. The third-order valence-electron chi connectivity index (χ3n) is 7.24. The Hall–Kier alpha value is -1.14. The molecule has 1 amide bonds. The van der Waals surface area contributed by atoms with Crippen LogP contribution in [0.25, 0.3) is 0 Å². The summed E-state index contributed by atoms with van der Waals surface area (Å²) in [5, 5.41) is 12.6. The van der Waals surface area contributed by atoms with Gasteiger partial charge >= 0.3 is 0 Å². The first-order chi connectivity index (χ1) is 13.5. The van der Waals surface area contributed by atoms with Crippen LogP contribution in [0.15, 0.2) is 4.99 Å². The highest BCUT2D eigenvalue weighted by atomic mass is 16.3. The molecule has 3 rings (SSSR count). The van der Waals surface area contributed by atoms with Crippen LogP contribution in [0.4, 0.5) is 0 Å². The van der Waals surface area contributed by atoms with Crippen molar-refractivity contribution in [1.82, 2.24) is 10.2 Å². The fourth-order valence-corrected chi connectivity index (χ4v) is 5.60. The van der Waals surface area contributed by atoms with Gasteiger partial charge in [-0.1, -0.05) is 44.9 Å². The molecule has 0 spiro atoms. The van der Waals surface area contributed by atoms with Gasteiger partial charge in [0.05, 0.1) is 0 Å². The number of hydrogen-bond donors (Lipinski definition) is 3. The van der Waals surface area contributed by atoms with Gasteiger partial charge in [0.15, 0.2) is 5.96 Å². The second-order valence-corrected chi connectivity index (χ2v) is 9.37. The third-order valence-corrected chi connectivity index (χ3v) is 7.24. The number of aliphatic hydroxyl groups excluding tert-OH is 1. The smallest absolute Gasteiger partial charge is 0.257 e. The first kappa shape index (κ1) is 21.6. The van der Waals surface area contributed by atoms with Crippen LogP contribution in [0, 0.1) is 11.8 Å². The number of carbonyl (C=O) groups excluding carboxylic acids is 1. The zero-order valence-electron chi connectivity index (χ0n) is 17.7. The molecule has 2 saturated carbocycles. The van der Waals surface area contributed by atoms with Gasteiger partial charge in [-0.15, -0.1) is 0 Å². The highest BCUT2D eigenvalue weighted by Crippen LogP contribution is 2.40. The van der Waals surface area contributed by atoms with Crippen molar-refractivity contribution >= 4 is 11.9 Å². The first-order valence-electron chi connectivity index (χ1n) is 11.5. The SMILES string of the molecule is CN1C(=O)[C@@](CCC2CCCCC2)(C[C@H]2CCCC(NCCCO)C2)N=C1N. The van der Waals surface area contributed by atoms with Crippen molar-refractivity contribution in [2.45, 2.75) is 95.1 Å². The van der Waals surface area contributed by atoms with E-state index in [-0.39, 0.29) is 12.5 Å². The van der Waals surface area contributed by atoms with Gasteiger partial charge in [-0.2, -0.15) is 0 Å². The molecule has 0 saturated heterocycles. The summed E-state index contributed by atoms with van der Waals surface area (Å²) in [5.74, 6) is 1.76. The number of hydrogen-bond acceptors (Lipinski definition) is 5. The van der Waals surface area contributed by atoms with Crippen molar-refractivity contribution in [3.05, 3.63) is 0 Å². The minimum atomic E-state index is -0.631. The van der Waals surface area contributed by atoms with Crippen LogP contribution in [-0.2, 0) is 4.79 Å². The molecule has 6 nitrogen and oxygen atoms in total. The van der Waals surface area contributed by atoms with Crippen LogP contribution in [0.3, 0.4) is 0 Å². The lowest BCUT2D eigenvalue weighted by Crippen LogP contribution is -2.45. The van der Waals surface area contributed by atoms with E-state index in [1.807, 2.05) is 0 Å². The number of carbonyl (C=O) groups is 1. The number of nitrogens with two attached hydrogens (primary N) is 1. The first-order valence-corrected chi connectivity index (χ1v) is 11.5. The summed E-state index contributed by atoms with van der Waals surface area (Å²) >= 11 is 0. The Morgan fingerprint density at radius 1 is 1.18 bits per heavy atom. The van der Waals surface area contributed by atoms with Gasteiger partial charge in [0, 0.05) is 19.7 Å². The van der Waals surface area contributed by atoms with Crippen molar-refractivity contribution in [3.8, 4) is 0 Å². The topological polar surface area (TPSA) is 91.0 Å². The van der Waals surface area contributed by atoms with Gasteiger partial charge < -0.3 is 16.2 Å². The van der Waals surface area contributed by atoms with Gasteiger partial charge in [0.1, 0.15) is 5.54 Å². The van der Waals surface area contributed by atoms with E-state index in [1.54, 1.807) is 11.9 Å². The number of guanidine groups is 1. The predicted octanol–water partition coefficient (Wildman–Crippen LogP) is 2.79. The fraction of sp³-hybridized carbons (Fsp3) is 0.909. The molecular weight excluding hydrogens is 352 g/mol. The normalized spacial score (nSPS) is 32.0. The molecule has 28 heavy (non-hydrogen) atoms. The number of aliphatic hydroxyl groups is 1. The lowest BCUT2D eigenvalue weighted by molar-refractivity contribution is -0.131. The number of likely N-dealkylation sites (N-methyl/N-ethyl adjacent to an activating group) is 1. The molecular formula is C22H40N4O2. The molecule has 0 aromatic carbocycles. The molecule has 1 heterocycles. The highest BCUT2D eigenvalue weighted by Gasteiger charge is 2.47. The Kier molecular flexibility index (Phi) is 7.75. The second kappa shape index (κ2) is 10.1. The monoisotopic (exact) mass is 392 g/mol. The van der Waals surface area contributed by atoms with Crippen LogP contribution >= 0.6 is 0 Å². The largest absolute Gasteiger partial charge is 0.396 e. The Morgan fingerprint density at radius 3 is 2.61 bits per heavy atom. The highest BCUT2D eigenvalue weighted by molar-refractivity contribution is 6.06. The van der Waals surface area contributed by atoms with E-state index in [2.05, 4.69) is 5.32 Å². The molecule has 160 valence electrons. The lowest BCUT2D eigenvalue weighted by atomic mass is 9.74. The van der Waals surface area contributed by atoms with Crippen molar-refractivity contribution in [2.24, 2.45) is 22.6 Å². The van der Waals surface area contributed by atoms with E-state index < -0.39 is 5.54 Å². The molecule has 1 aliphatic heterocycles. The van der Waals surface area contributed by atoms with Crippen LogP contribution in [-0.4, -0.2) is 53.7 Å². The maximum absolute atomic E-state index is 13.2. The molecule has 0 radical (unpaired) electrons. The predicted molar refractivity (Wildman–Crippen MR) is 113 cm³/mol. The Bertz CT molecular complexity index is 547. The number of nitrogens with one attached hydrogen (secondary N) is 1. The molecule has 3 atom stereocenters. The van der Waals surface area contributed by atoms with Crippen molar-refractivity contribution in [2.75, 3.05) is 20.2 Å². The fourth-order valence-electron chi connectivity index (χ4n) is 5.60. The minimum absolute atomic E-state index is 0.108. The lowest BCUT2D eigenvalue weighted by Gasteiger charge is -2.35. The molecule has 1 unspecified atom stereocenters. The summed E-state index contributed by atoms with van der Waals surface area (Å²) in [7, 11) is 1.77. The Labute approximate surface area is 170 Å². The summed E-state index contributed by atoms with van der Waals surface area (Å²) in [5.41, 5.74) is 5.45. The molecule has 0 bridgehead atoms. The quantitative estimate of drug-likeness (QED) is 0.526. The van der Waals surface area contributed by atoms with E-state index in [1.165, 1.54) is 51.4 Å². The summed E-state index contributed by atoms with van der Waals surface area (Å²) in [6, 6.07) is 0.497. The van der Waals surface area contributed by atoms with Crippen molar-refractivity contribution < 1.29 is 9.90 Å². The maximum Gasteiger partial charge on any atom is 0.257 e. The Balaban J connectivity index is 1.63. The van der Waals surface area contributed by atoms with Crippen molar-refractivity contribution in [1.29, 1.82) is 0 Å². The van der Waals surface area contributed by atoms with Gasteiger partial charge in [0.2, 0.25) is 0 Å². The van der Waals surface area contributed by atoms with E-state index in [0.717, 1.165) is 44.6 Å². The average Bonchev–Trinajstić information content (AvgIpc) is 2.92. The summed E-state index contributed by atoms with van der Waals surface area (Å²) in [4.78, 5) is 19.5. The molecule has 0 aromatic heterocycles. The van der Waals surface area contributed by atoms with Crippen LogP contribution in [0.5, 0.6) is 0 Å². The molecule has 4 N–H and O–H groups in total. The Morgan fingerprint density at radius 2 is 1.93 bits per heavy atom. The summed E-state index contributed by atoms with van der Waals surface area (Å²) in [6.07, 6.45) is 14.9. The third kappa shape index (κ3) is 5.26. The van der Waals surface area contributed by atoms with E-state index >= 15 is 0 Å². The zero-order chi connectivity index (χ0) is 20.0. The van der Waals surface area contributed by atoms with Crippen molar-refractivity contribution in [3.63, 3.8) is 0 Å². The standard InChI is InChI=1S/C22H40N4O2/c1-26-20(28)22(25-21(26)23,12-11-17-7-3-2-4-8-17)16-18-9-5-10-19(15-18)24-13-6-14-27/h17-19,24,27H,2-16H2,1H3,(H2,23,25)/t18-,19?,22+/m0/s1. The molecule has 2 aliphatic carbocycles. The molecule has 6 heteroatoms. The van der Waals surface area contributed by atoms with E-state index in [4.69, 9.17) is 15.8 Å². The molecule has 3 aliphatic rings. The number of rotatable bonds is 9. The summed E-state index contributed by atoms with van der Waals surface area (Å²) < 4.78 is 0. The number of amides is 1. The summed E-state index contributed by atoms with van der Waals surface area (Å²) in [6.45, 7) is 1.11. The molecule has 0 aromatic rings. The van der Waals surface area contributed by atoms with Gasteiger partial charge in [-0.3, -0.25) is 9.69 Å². The zero-order valence-corrected chi connectivity index (χ0v) is 17.7. The van der Waals surface area contributed by atoms with Crippen LogP contribution < -0.4 is 11.1 Å². The van der Waals surface area contributed by atoms with E-state index in [9.17, 15) is 4.79 Å². The maximum atomic E-state index is 13.2. The number of nitrogens with zero attached hydrogens (tertiary/aromatic N) is 2. The van der Waals surface area contributed by atoms with Crippen LogP contribution in [0.1, 0.15) is 83.5 Å². The average molecular weight is 393 g/mol. The number of aliphatic imine (C=N–C) groups is 1. The van der Waals surface area contributed by atoms with Crippen LogP contribution in [0.2, 0.25) is 0 Å². The van der Waals surface area contributed by atoms with Gasteiger partial charge in [0.25, 0.3) is 5.91 Å². The van der Waals surface area contributed by atoms with Gasteiger partial charge in [-0.25, -0.2) is 4.99 Å². The molecule has 2 fully saturated rings. The van der Waals surface area contributed by atoms with Gasteiger partial charge in [-0.05, 0) is 56.9 Å². The minimum Gasteiger partial charge on any atom is -0.396 e. The van der Waals surface area contributed by atoms with E-state index in [0.29, 0.717) is 17.9 Å².